The summed E-state index contributed by atoms with van der Waals surface area (Å²) in [6, 6.07) is 18.2. The summed E-state index contributed by atoms with van der Waals surface area (Å²) in [5.74, 6) is 0.942. The molecule has 0 unspecified atom stereocenters. The zero-order chi connectivity index (χ0) is 17.5. The van der Waals surface area contributed by atoms with Gasteiger partial charge in [-0.3, -0.25) is 0 Å². The maximum absolute atomic E-state index is 9.04. The Balaban J connectivity index is 1.76. The summed E-state index contributed by atoms with van der Waals surface area (Å²) in [5, 5.41) is 12.6. The number of methoxy groups -OCH3 is 1. The molecule has 2 aromatic carbocycles. The molecule has 0 radical (unpaired) electrons. The highest BCUT2D eigenvalue weighted by atomic mass is 16.5. The molecule has 3 rings (SSSR count). The van der Waals surface area contributed by atoms with E-state index in [-0.39, 0.29) is 5.41 Å². The second kappa shape index (κ2) is 8.15. The number of hydrogen-bond donors (Lipinski definition) is 1. The first-order valence-electron chi connectivity index (χ1n) is 8.68. The Morgan fingerprint density at radius 2 is 1.96 bits per heavy atom. The SMILES string of the molecule is COc1ccccc1C1(CNCc2cccc(C#N)c2)CCOCC1. The molecular formula is C21H24N2O2. The van der Waals surface area contributed by atoms with Gasteiger partial charge in [0.1, 0.15) is 5.75 Å². The van der Waals surface area contributed by atoms with E-state index in [4.69, 9.17) is 14.7 Å². The van der Waals surface area contributed by atoms with Crippen molar-refractivity contribution >= 4 is 0 Å². The zero-order valence-electron chi connectivity index (χ0n) is 14.6. The number of benzene rings is 2. The van der Waals surface area contributed by atoms with E-state index in [1.807, 2.05) is 36.4 Å². The van der Waals surface area contributed by atoms with Gasteiger partial charge in [-0.15, -0.1) is 0 Å². The van der Waals surface area contributed by atoms with Crippen molar-refractivity contribution in [2.75, 3.05) is 26.9 Å². The Morgan fingerprint density at radius 1 is 1.16 bits per heavy atom. The summed E-state index contributed by atoms with van der Waals surface area (Å²) in [7, 11) is 1.73. The van der Waals surface area contributed by atoms with Gasteiger partial charge in [-0.25, -0.2) is 0 Å². The maximum atomic E-state index is 9.04. The third kappa shape index (κ3) is 4.01. The molecule has 130 valence electrons. The van der Waals surface area contributed by atoms with Crippen molar-refractivity contribution in [2.24, 2.45) is 0 Å². The third-order valence-corrected chi connectivity index (χ3v) is 4.98. The molecule has 0 bridgehead atoms. The molecule has 1 heterocycles. The summed E-state index contributed by atoms with van der Waals surface area (Å²) < 4.78 is 11.2. The van der Waals surface area contributed by atoms with Crippen LogP contribution in [0.1, 0.15) is 29.5 Å². The fourth-order valence-corrected chi connectivity index (χ4v) is 3.58. The lowest BCUT2D eigenvalue weighted by molar-refractivity contribution is 0.0489. The predicted molar refractivity (Wildman–Crippen MR) is 97.6 cm³/mol. The first-order valence-corrected chi connectivity index (χ1v) is 8.68. The van der Waals surface area contributed by atoms with Crippen LogP contribution in [0.2, 0.25) is 0 Å². The lowest BCUT2D eigenvalue weighted by Gasteiger charge is -2.38. The molecule has 0 aromatic heterocycles. The molecule has 1 N–H and O–H groups in total. The highest BCUT2D eigenvalue weighted by molar-refractivity contribution is 5.40. The molecule has 4 heteroatoms. The molecule has 4 nitrogen and oxygen atoms in total. The highest BCUT2D eigenvalue weighted by Crippen LogP contribution is 2.39. The van der Waals surface area contributed by atoms with Crippen LogP contribution in [0.5, 0.6) is 5.75 Å². The van der Waals surface area contributed by atoms with Gasteiger partial charge >= 0.3 is 0 Å². The molecule has 0 atom stereocenters. The second-order valence-electron chi connectivity index (χ2n) is 6.51. The van der Waals surface area contributed by atoms with Crippen molar-refractivity contribution in [1.29, 1.82) is 5.26 Å². The molecule has 0 saturated carbocycles. The van der Waals surface area contributed by atoms with Crippen LogP contribution in [-0.4, -0.2) is 26.9 Å². The van der Waals surface area contributed by atoms with Crippen LogP contribution >= 0.6 is 0 Å². The van der Waals surface area contributed by atoms with E-state index in [0.717, 1.165) is 50.5 Å². The summed E-state index contributed by atoms with van der Waals surface area (Å²) in [4.78, 5) is 0. The van der Waals surface area contributed by atoms with Gasteiger partial charge in [0.05, 0.1) is 18.7 Å². The number of nitriles is 1. The van der Waals surface area contributed by atoms with Gasteiger partial charge in [0.15, 0.2) is 0 Å². The quantitative estimate of drug-likeness (QED) is 0.878. The van der Waals surface area contributed by atoms with Gasteiger partial charge in [-0.2, -0.15) is 5.26 Å². The number of hydrogen-bond acceptors (Lipinski definition) is 4. The summed E-state index contributed by atoms with van der Waals surface area (Å²) >= 11 is 0. The van der Waals surface area contributed by atoms with E-state index in [1.54, 1.807) is 7.11 Å². The molecule has 2 aromatic rings. The van der Waals surface area contributed by atoms with Crippen LogP contribution in [0.25, 0.3) is 0 Å². The first kappa shape index (κ1) is 17.5. The van der Waals surface area contributed by atoms with Gasteiger partial charge in [-0.1, -0.05) is 30.3 Å². The van der Waals surface area contributed by atoms with Crippen molar-refractivity contribution in [2.45, 2.75) is 24.8 Å². The number of rotatable bonds is 6. The average molecular weight is 336 g/mol. The van der Waals surface area contributed by atoms with E-state index in [9.17, 15) is 0 Å². The molecule has 25 heavy (non-hydrogen) atoms. The number of nitrogens with zero attached hydrogens (tertiary/aromatic N) is 1. The lowest BCUT2D eigenvalue weighted by Crippen LogP contribution is -2.42. The molecule has 1 aliphatic heterocycles. The molecule has 0 aliphatic carbocycles. The van der Waals surface area contributed by atoms with Crippen LogP contribution in [0.3, 0.4) is 0 Å². The van der Waals surface area contributed by atoms with Crippen molar-refractivity contribution < 1.29 is 9.47 Å². The van der Waals surface area contributed by atoms with Gasteiger partial charge in [0.2, 0.25) is 0 Å². The average Bonchev–Trinajstić information content (AvgIpc) is 2.69. The van der Waals surface area contributed by atoms with E-state index < -0.39 is 0 Å². The van der Waals surface area contributed by atoms with Crippen LogP contribution in [0.15, 0.2) is 48.5 Å². The van der Waals surface area contributed by atoms with Crippen LogP contribution in [-0.2, 0) is 16.7 Å². The largest absolute Gasteiger partial charge is 0.496 e. The Bertz CT molecular complexity index is 746. The van der Waals surface area contributed by atoms with Crippen LogP contribution in [0, 0.1) is 11.3 Å². The number of nitrogens with one attached hydrogen (secondary N) is 1. The Kier molecular flexibility index (Phi) is 5.70. The van der Waals surface area contributed by atoms with Crippen LogP contribution in [0.4, 0.5) is 0 Å². The molecular weight excluding hydrogens is 312 g/mol. The van der Waals surface area contributed by atoms with Gasteiger partial charge in [0, 0.05) is 37.3 Å². The van der Waals surface area contributed by atoms with Crippen LogP contribution < -0.4 is 10.1 Å². The molecule has 0 amide bonds. The monoisotopic (exact) mass is 336 g/mol. The first-order chi connectivity index (χ1) is 12.3. The number of ether oxygens (including phenoxy) is 2. The minimum Gasteiger partial charge on any atom is -0.496 e. The minimum atomic E-state index is 0.0116. The minimum absolute atomic E-state index is 0.0116. The molecule has 1 saturated heterocycles. The second-order valence-corrected chi connectivity index (χ2v) is 6.51. The smallest absolute Gasteiger partial charge is 0.122 e. The fourth-order valence-electron chi connectivity index (χ4n) is 3.58. The van der Waals surface area contributed by atoms with Gasteiger partial charge < -0.3 is 14.8 Å². The lowest BCUT2D eigenvalue weighted by atomic mass is 9.73. The van der Waals surface area contributed by atoms with E-state index in [1.165, 1.54) is 5.56 Å². The fraction of sp³-hybridized carbons (Fsp3) is 0.381. The van der Waals surface area contributed by atoms with E-state index in [2.05, 4.69) is 23.5 Å². The molecule has 1 fully saturated rings. The molecule has 1 aliphatic rings. The zero-order valence-corrected chi connectivity index (χ0v) is 14.6. The van der Waals surface area contributed by atoms with Crippen molar-refractivity contribution in [3.05, 3.63) is 65.2 Å². The third-order valence-electron chi connectivity index (χ3n) is 4.98. The van der Waals surface area contributed by atoms with Gasteiger partial charge in [0.25, 0.3) is 0 Å². The highest BCUT2D eigenvalue weighted by Gasteiger charge is 2.36. The summed E-state index contributed by atoms with van der Waals surface area (Å²) in [6.45, 7) is 3.13. The Hall–Kier alpha value is -2.35. The standard InChI is InChI=1S/C21H24N2O2/c1-24-20-8-3-2-7-19(20)21(9-11-25-12-10-21)16-23-15-18-6-4-5-17(13-18)14-22/h2-8,13,23H,9-12,15-16H2,1H3. The normalized spacial score (nSPS) is 16.2. The van der Waals surface area contributed by atoms with Crippen molar-refractivity contribution in [1.82, 2.24) is 5.32 Å². The number of para-hydroxylation sites is 1. The predicted octanol–water partition coefficient (Wildman–Crippen LogP) is 3.40. The van der Waals surface area contributed by atoms with E-state index in [0.29, 0.717) is 5.56 Å². The Labute approximate surface area is 149 Å². The summed E-state index contributed by atoms with van der Waals surface area (Å²) in [5.41, 5.74) is 3.09. The van der Waals surface area contributed by atoms with Crippen molar-refractivity contribution in [3.8, 4) is 11.8 Å². The summed E-state index contributed by atoms with van der Waals surface area (Å²) in [6.07, 6.45) is 1.94. The molecule has 0 spiro atoms. The van der Waals surface area contributed by atoms with Gasteiger partial charge in [-0.05, 0) is 36.6 Å². The van der Waals surface area contributed by atoms with Crippen molar-refractivity contribution in [3.63, 3.8) is 0 Å². The maximum Gasteiger partial charge on any atom is 0.122 e. The van der Waals surface area contributed by atoms with E-state index >= 15 is 0 Å². The Morgan fingerprint density at radius 3 is 2.72 bits per heavy atom. The topological polar surface area (TPSA) is 54.3 Å².